The number of ether oxygens (including phenoxy) is 1. The van der Waals surface area contributed by atoms with Gasteiger partial charge in [0.2, 0.25) is 5.91 Å². The maximum Gasteiger partial charge on any atom is 0.287 e. The molecule has 3 aromatic rings. The van der Waals surface area contributed by atoms with Crippen molar-refractivity contribution in [3.05, 3.63) is 101 Å². The molecule has 1 saturated carbocycles. The fourth-order valence-corrected chi connectivity index (χ4v) is 5.42. The average Bonchev–Trinajstić information content (AvgIpc) is 3.63. The standard InChI is InChI=1S/C31H34N2O4/c1-3-17-32-30(34)28-15-14-26(37-28)20-36-25-13-12-22-16-18-33(31(35)24-6-4-5-7-24)29(27(22)19-25)23-10-8-21(2)9-11-23/h3,8-15,19,24,29H,1,4-7,16-18,20H2,2H3,(H,32,34)/t29-/m1/s1. The van der Waals surface area contributed by atoms with Crippen LogP contribution in [0, 0.1) is 12.8 Å². The van der Waals surface area contributed by atoms with Crippen LogP contribution in [0.25, 0.3) is 0 Å². The minimum Gasteiger partial charge on any atom is -0.486 e. The molecule has 2 heterocycles. The first kappa shape index (κ1) is 24.9. The number of nitrogens with one attached hydrogen (secondary N) is 1. The van der Waals surface area contributed by atoms with E-state index >= 15 is 0 Å². The van der Waals surface area contributed by atoms with Crippen molar-refractivity contribution in [1.29, 1.82) is 0 Å². The van der Waals surface area contributed by atoms with Gasteiger partial charge in [-0.05, 0) is 67.1 Å². The lowest BCUT2D eigenvalue weighted by atomic mass is 9.86. The lowest BCUT2D eigenvalue weighted by Gasteiger charge is -2.39. The molecule has 0 bridgehead atoms. The van der Waals surface area contributed by atoms with Crippen molar-refractivity contribution in [2.24, 2.45) is 5.92 Å². The van der Waals surface area contributed by atoms with Gasteiger partial charge in [0.1, 0.15) is 18.1 Å². The van der Waals surface area contributed by atoms with E-state index in [0.29, 0.717) is 18.1 Å². The highest BCUT2D eigenvalue weighted by Crippen LogP contribution is 2.40. The molecule has 0 saturated heterocycles. The van der Waals surface area contributed by atoms with Crippen molar-refractivity contribution in [2.45, 2.75) is 51.7 Å². The van der Waals surface area contributed by atoms with E-state index in [1.807, 2.05) is 6.07 Å². The molecule has 2 aromatic carbocycles. The number of rotatable bonds is 8. The van der Waals surface area contributed by atoms with Gasteiger partial charge in [0.15, 0.2) is 5.76 Å². The lowest BCUT2D eigenvalue weighted by molar-refractivity contribution is -0.137. The van der Waals surface area contributed by atoms with E-state index in [1.54, 1.807) is 18.2 Å². The summed E-state index contributed by atoms with van der Waals surface area (Å²) in [5.74, 6) is 1.64. The number of hydrogen-bond donors (Lipinski definition) is 1. The van der Waals surface area contributed by atoms with Crippen molar-refractivity contribution in [3.63, 3.8) is 0 Å². The smallest absolute Gasteiger partial charge is 0.287 e. The number of fused-ring (bicyclic) bond motifs is 1. The molecule has 6 heteroatoms. The zero-order valence-corrected chi connectivity index (χ0v) is 21.4. The predicted octanol–water partition coefficient (Wildman–Crippen LogP) is 5.75. The minimum absolute atomic E-state index is 0.130. The highest BCUT2D eigenvalue weighted by Gasteiger charge is 2.36. The van der Waals surface area contributed by atoms with E-state index in [2.05, 4.69) is 60.1 Å². The van der Waals surface area contributed by atoms with Gasteiger partial charge in [-0.25, -0.2) is 0 Å². The molecule has 0 radical (unpaired) electrons. The van der Waals surface area contributed by atoms with Crippen LogP contribution in [0.3, 0.4) is 0 Å². The Morgan fingerprint density at radius 2 is 1.89 bits per heavy atom. The molecule has 1 aliphatic carbocycles. The van der Waals surface area contributed by atoms with Crippen molar-refractivity contribution >= 4 is 11.8 Å². The van der Waals surface area contributed by atoms with Crippen LogP contribution in [0.1, 0.15) is 70.3 Å². The van der Waals surface area contributed by atoms with Gasteiger partial charge in [0, 0.05) is 19.0 Å². The van der Waals surface area contributed by atoms with E-state index in [-0.39, 0.29) is 36.1 Å². The Labute approximate surface area is 218 Å². The molecule has 2 aliphatic rings. The minimum atomic E-state index is -0.284. The van der Waals surface area contributed by atoms with Gasteiger partial charge in [-0.2, -0.15) is 0 Å². The van der Waals surface area contributed by atoms with Gasteiger partial charge < -0.3 is 19.4 Å². The number of hydrogen-bond acceptors (Lipinski definition) is 4. The SMILES string of the molecule is C=CCNC(=O)c1ccc(COc2ccc3c(c2)[C@@H](c2ccc(C)cc2)N(C(=O)C2CCCC2)CC3)o1. The number of aryl methyl sites for hydroxylation is 1. The molecule has 1 aliphatic heterocycles. The molecule has 1 N–H and O–H groups in total. The first-order valence-corrected chi connectivity index (χ1v) is 13.1. The molecule has 37 heavy (non-hydrogen) atoms. The summed E-state index contributed by atoms with van der Waals surface area (Å²) in [6, 6.07) is 17.9. The summed E-state index contributed by atoms with van der Waals surface area (Å²) in [6.07, 6.45) is 6.70. The average molecular weight is 499 g/mol. The third kappa shape index (κ3) is 5.48. The number of amides is 2. The van der Waals surface area contributed by atoms with Crippen LogP contribution in [0.15, 0.2) is 71.7 Å². The van der Waals surface area contributed by atoms with E-state index in [1.165, 1.54) is 11.1 Å². The monoisotopic (exact) mass is 498 g/mol. The third-order valence-corrected chi connectivity index (χ3v) is 7.40. The van der Waals surface area contributed by atoms with Crippen molar-refractivity contribution in [3.8, 4) is 5.75 Å². The fourth-order valence-electron chi connectivity index (χ4n) is 5.42. The first-order valence-electron chi connectivity index (χ1n) is 13.1. The first-order chi connectivity index (χ1) is 18.0. The molecule has 1 atom stereocenters. The highest BCUT2D eigenvalue weighted by atomic mass is 16.5. The largest absolute Gasteiger partial charge is 0.486 e. The van der Waals surface area contributed by atoms with Gasteiger partial charge in [0.05, 0.1) is 6.04 Å². The molecule has 5 rings (SSSR count). The summed E-state index contributed by atoms with van der Waals surface area (Å²) in [6.45, 7) is 6.99. The van der Waals surface area contributed by atoms with Gasteiger partial charge >= 0.3 is 0 Å². The van der Waals surface area contributed by atoms with Gasteiger partial charge in [0.25, 0.3) is 5.91 Å². The summed E-state index contributed by atoms with van der Waals surface area (Å²) < 4.78 is 11.7. The molecule has 0 unspecified atom stereocenters. The van der Waals surface area contributed by atoms with E-state index < -0.39 is 0 Å². The van der Waals surface area contributed by atoms with Crippen LogP contribution >= 0.6 is 0 Å². The van der Waals surface area contributed by atoms with Crippen LogP contribution in [-0.4, -0.2) is 29.8 Å². The highest BCUT2D eigenvalue weighted by molar-refractivity contribution is 5.91. The molecule has 2 amide bonds. The Bertz CT molecular complexity index is 1270. The number of furan rings is 1. The Morgan fingerprint density at radius 3 is 2.65 bits per heavy atom. The van der Waals surface area contributed by atoms with E-state index in [4.69, 9.17) is 9.15 Å². The summed E-state index contributed by atoms with van der Waals surface area (Å²) in [5.41, 5.74) is 4.67. The zero-order chi connectivity index (χ0) is 25.8. The second kappa shape index (κ2) is 11.1. The zero-order valence-electron chi connectivity index (χ0n) is 21.4. The Kier molecular flexibility index (Phi) is 7.45. The second-order valence-corrected chi connectivity index (χ2v) is 9.99. The number of benzene rings is 2. The van der Waals surface area contributed by atoms with Gasteiger partial charge in [-0.3, -0.25) is 9.59 Å². The number of nitrogens with zero attached hydrogens (tertiary/aromatic N) is 1. The quantitative estimate of drug-likeness (QED) is 0.402. The predicted molar refractivity (Wildman–Crippen MR) is 142 cm³/mol. The molecule has 1 aromatic heterocycles. The fraction of sp³-hybridized carbons (Fsp3) is 0.355. The molecule has 1 fully saturated rings. The maximum atomic E-state index is 13.6. The lowest BCUT2D eigenvalue weighted by Crippen LogP contribution is -2.43. The van der Waals surface area contributed by atoms with Crippen LogP contribution in [0.2, 0.25) is 0 Å². The molecule has 192 valence electrons. The number of carbonyl (C=O) groups is 2. The maximum absolute atomic E-state index is 13.6. The third-order valence-electron chi connectivity index (χ3n) is 7.40. The summed E-state index contributed by atoms with van der Waals surface area (Å²) in [4.78, 5) is 27.8. The summed E-state index contributed by atoms with van der Waals surface area (Å²) in [5, 5.41) is 2.70. The van der Waals surface area contributed by atoms with Crippen molar-refractivity contribution in [1.82, 2.24) is 10.2 Å². The van der Waals surface area contributed by atoms with Crippen LogP contribution in [0.5, 0.6) is 5.75 Å². The summed E-state index contributed by atoms with van der Waals surface area (Å²) in [7, 11) is 0. The van der Waals surface area contributed by atoms with Crippen molar-refractivity contribution < 1.29 is 18.7 Å². The van der Waals surface area contributed by atoms with Gasteiger partial charge in [-0.1, -0.05) is 54.8 Å². The van der Waals surface area contributed by atoms with Crippen LogP contribution in [-0.2, 0) is 17.8 Å². The van der Waals surface area contributed by atoms with E-state index in [9.17, 15) is 9.59 Å². The van der Waals surface area contributed by atoms with Crippen LogP contribution in [0.4, 0.5) is 0 Å². The number of carbonyl (C=O) groups excluding carboxylic acids is 2. The Hall–Kier alpha value is -3.80. The molecular weight excluding hydrogens is 464 g/mol. The summed E-state index contributed by atoms with van der Waals surface area (Å²) >= 11 is 0. The Balaban J connectivity index is 1.38. The van der Waals surface area contributed by atoms with Crippen molar-refractivity contribution in [2.75, 3.05) is 13.1 Å². The molecular formula is C31H34N2O4. The topological polar surface area (TPSA) is 71.8 Å². The second-order valence-electron chi connectivity index (χ2n) is 9.99. The van der Waals surface area contributed by atoms with E-state index in [0.717, 1.165) is 49.8 Å². The van der Waals surface area contributed by atoms with Crippen LogP contribution < -0.4 is 10.1 Å². The van der Waals surface area contributed by atoms with Gasteiger partial charge in [-0.15, -0.1) is 6.58 Å². The molecule has 0 spiro atoms. The molecule has 6 nitrogen and oxygen atoms in total. The normalized spacial score (nSPS) is 17.3. The Morgan fingerprint density at radius 1 is 1.11 bits per heavy atom.